The molecule has 0 saturated carbocycles. The fourth-order valence-electron chi connectivity index (χ4n) is 2.06. The first-order valence-corrected chi connectivity index (χ1v) is 8.35. The highest BCUT2D eigenvalue weighted by Crippen LogP contribution is 2.20. The van der Waals surface area contributed by atoms with Crippen molar-refractivity contribution in [3.8, 4) is 5.69 Å². The van der Waals surface area contributed by atoms with E-state index in [0.29, 0.717) is 16.5 Å². The number of rotatable bonds is 6. The minimum Gasteiger partial charge on any atom is -0.481 e. The molecule has 0 saturated heterocycles. The van der Waals surface area contributed by atoms with Gasteiger partial charge in [0.05, 0.1) is 11.4 Å². The summed E-state index contributed by atoms with van der Waals surface area (Å²) in [6.45, 7) is 0. The van der Waals surface area contributed by atoms with Crippen molar-refractivity contribution >= 4 is 29.3 Å². The van der Waals surface area contributed by atoms with Gasteiger partial charge in [0.2, 0.25) is 5.82 Å². The first kappa shape index (κ1) is 16.7. The molecule has 0 atom stereocenters. The van der Waals surface area contributed by atoms with Gasteiger partial charge in [-0.05, 0) is 24.3 Å². The number of carboxylic acids is 1. The predicted octanol–water partition coefficient (Wildman–Crippen LogP) is 2.70. The van der Waals surface area contributed by atoms with Crippen LogP contribution in [0.2, 0.25) is 0 Å². The van der Waals surface area contributed by atoms with Crippen LogP contribution in [0, 0.1) is 0 Å². The summed E-state index contributed by atoms with van der Waals surface area (Å²) in [4.78, 5) is 27.4. The molecule has 0 unspecified atom stereocenters. The van der Waals surface area contributed by atoms with Gasteiger partial charge in [0.15, 0.2) is 5.16 Å². The summed E-state index contributed by atoms with van der Waals surface area (Å²) in [5.74, 6) is -1.63. The van der Waals surface area contributed by atoms with E-state index in [1.807, 2.05) is 24.3 Å². The molecule has 3 rings (SSSR count). The third-order valence-electron chi connectivity index (χ3n) is 3.14. The summed E-state index contributed by atoms with van der Waals surface area (Å²) in [6, 6.07) is 18.1. The number of benzene rings is 2. The van der Waals surface area contributed by atoms with E-state index in [0.717, 1.165) is 11.8 Å². The molecule has 0 aliphatic heterocycles. The average Bonchev–Trinajstić information content (AvgIpc) is 3.06. The van der Waals surface area contributed by atoms with Gasteiger partial charge in [0, 0.05) is 5.69 Å². The van der Waals surface area contributed by atoms with Crippen LogP contribution in [0.15, 0.2) is 65.8 Å². The molecular weight excluding hydrogens is 340 g/mol. The van der Waals surface area contributed by atoms with Gasteiger partial charge in [0.25, 0.3) is 5.91 Å². The van der Waals surface area contributed by atoms with Gasteiger partial charge in [-0.25, -0.2) is 4.68 Å². The van der Waals surface area contributed by atoms with Gasteiger partial charge in [-0.15, -0.1) is 5.10 Å². The Morgan fingerprint density at radius 3 is 2.32 bits per heavy atom. The van der Waals surface area contributed by atoms with Crippen molar-refractivity contribution in [2.75, 3.05) is 11.1 Å². The molecule has 0 radical (unpaired) electrons. The minimum atomic E-state index is -0.970. The molecule has 7 nitrogen and oxygen atoms in total. The number of aromatic nitrogens is 3. The highest BCUT2D eigenvalue weighted by molar-refractivity contribution is 7.99. The zero-order chi connectivity index (χ0) is 17.6. The predicted molar refractivity (Wildman–Crippen MR) is 94.1 cm³/mol. The number of carbonyl (C=O) groups excluding carboxylic acids is 1. The van der Waals surface area contributed by atoms with E-state index in [9.17, 15) is 9.59 Å². The van der Waals surface area contributed by atoms with Gasteiger partial charge in [-0.3, -0.25) is 9.59 Å². The third kappa shape index (κ3) is 4.24. The largest absolute Gasteiger partial charge is 0.481 e. The van der Waals surface area contributed by atoms with Crippen molar-refractivity contribution in [2.45, 2.75) is 5.16 Å². The highest BCUT2D eigenvalue weighted by Gasteiger charge is 2.18. The van der Waals surface area contributed by atoms with E-state index in [1.54, 1.807) is 36.4 Å². The van der Waals surface area contributed by atoms with Gasteiger partial charge >= 0.3 is 5.97 Å². The van der Waals surface area contributed by atoms with E-state index in [4.69, 9.17) is 5.11 Å². The van der Waals surface area contributed by atoms with Gasteiger partial charge in [-0.2, -0.15) is 4.98 Å². The Bertz CT molecular complexity index is 881. The second kappa shape index (κ2) is 7.63. The maximum Gasteiger partial charge on any atom is 0.313 e. The lowest BCUT2D eigenvalue weighted by Gasteiger charge is -2.03. The van der Waals surface area contributed by atoms with Crippen LogP contribution in [0.1, 0.15) is 10.6 Å². The molecule has 8 heteroatoms. The quantitative estimate of drug-likeness (QED) is 0.661. The lowest BCUT2D eigenvalue weighted by molar-refractivity contribution is -0.133. The maximum absolute atomic E-state index is 12.4. The molecule has 0 aliphatic carbocycles. The number of nitrogens with zero attached hydrogens (tertiary/aromatic N) is 3. The summed E-state index contributed by atoms with van der Waals surface area (Å²) in [5, 5.41) is 16.2. The molecule has 0 aliphatic rings. The van der Waals surface area contributed by atoms with Crippen LogP contribution in [0.25, 0.3) is 5.69 Å². The van der Waals surface area contributed by atoms with Crippen molar-refractivity contribution in [1.29, 1.82) is 0 Å². The molecule has 0 fully saturated rings. The van der Waals surface area contributed by atoms with Crippen LogP contribution >= 0.6 is 11.8 Å². The second-order valence-electron chi connectivity index (χ2n) is 4.97. The van der Waals surface area contributed by atoms with Crippen LogP contribution in [0.5, 0.6) is 0 Å². The Hall–Kier alpha value is -3.13. The van der Waals surface area contributed by atoms with Crippen molar-refractivity contribution in [2.24, 2.45) is 0 Å². The van der Waals surface area contributed by atoms with Crippen LogP contribution < -0.4 is 5.32 Å². The number of carbonyl (C=O) groups is 2. The molecule has 3 aromatic rings. The zero-order valence-corrected chi connectivity index (χ0v) is 13.8. The summed E-state index contributed by atoms with van der Waals surface area (Å²) in [6.07, 6.45) is 0. The van der Waals surface area contributed by atoms with Crippen molar-refractivity contribution in [3.05, 3.63) is 66.5 Å². The van der Waals surface area contributed by atoms with E-state index in [1.165, 1.54) is 4.68 Å². The average molecular weight is 354 g/mol. The molecule has 1 amide bonds. The maximum atomic E-state index is 12.4. The smallest absolute Gasteiger partial charge is 0.313 e. The molecule has 1 heterocycles. The normalized spacial score (nSPS) is 10.4. The number of aliphatic carboxylic acids is 1. The van der Waals surface area contributed by atoms with Gasteiger partial charge < -0.3 is 10.4 Å². The molecule has 1 aromatic heterocycles. The first-order valence-electron chi connectivity index (χ1n) is 7.37. The molecule has 2 aromatic carbocycles. The van der Waals surface area contributed by atoms with Gasteiger partial charge in [-0.1, -0.05) is 48.2 Å². The van der Waals surface area contributed by atoms with E-state index < -0.39 is 11.9 Å². The highest BCUT2D eigenvalue weighted by atomic mass is 32.2. The van der Waals surface area contributed by atoms with E-state index in [-0.39, 0.29) is 11.6 Å². The fraction of sp³-hybridized carbons (Fsp3) is 0.0588. The molecule has 126 valence electrons. The number of hydrogen-bond donors (Lipinski definition) is 2. The lowest BCUT2D eigenvalue weighted by Crippen LogP contribution is -2.14. The molecule has 0 spiro atoms. The molecule has 0 bridgehead atoms. The number of hydrogen-bond acceptors (Lipinski definition) is 5. The number of para-hydroxylation sites is 2. The monoisotopic (exact) mass is 354 g/mol. The molecule has 25 heavy (non-hydrogen) atoms. The third-order valence-corrected chi connectivity index (χ3v) is 4.05. The Labute approximate surface area is 147 Å². The second-order valence-corrected chi connectivity index (χ2v) is 5.91. The lowest BCUT2D eigenvalue weighted by atomic mass is 10.3. The van der Waals surface area contributed by atoms with E-state index >= 15 is 0 Å². The number of thioether (sulfide) groups is 1. The summed E-state index contributed by atoms with van der Waals surface area (Å²) >= 11 is 1.00. The molecule has 2 N–H and O–H groups in total. The first-order chi connectivity index (χ1) is 12.1. The molecular formula is C17H14N4O3S. The van der Waals surface area contributed by atoms with E-state index in [2.05, 4.69) is 15.4 Å². The Morgan fingerprint density at radius 2 is 1.68 bits per heavy atom. The standard InChI is InChI=1S/C17H14N4O3S/c22-14(23)11-25-17-19-15(16(24)18-12-7-3-1-4-8-12)20-21(17)13-9-5-2-6-10-13/h1-10H,11H2,(H,18,24)(H,22,23). The summed E-state index contributed by atoms with van der Waals surface area (Å²) in [7, 11) is 0. The Morgan fingerprint density at radius 1 is 1.04 bits per heavy atom. The fourth-order valence-corrected chi connectivity index (χ4v) is 2.73. The Balaban J connectivity index is 1.89. The number of amides is 1. The van der Waals surface area contributed by atoms with Crippen LogP contribution in [0.3, 0.4) is 0 Å². The number of carboxylic acid groups (broad SMARTS) is 1. The summed E-state index contributed by atoms with van der Waals surface area (Å²) < 4.78 is 1.47. The zero-order valence-electron chi connectivity index (χ0n) is 13.0. The Kier molecular flexibility index (Phi) is 5.10. The minimum absolute atomic E-state index is 0.0272. The SMILES string of the molecule is O=C(O)CSc1nc(C(=O)Nc2ccccc2)nn1-c1ccccc1. The number of nitrogens with one attached hydrogen (secondary N) is 1. The van der Waals surface area contributed by atoms with Crippen LogP contribution in [-0.4, -0.2) is 37.5 Å². The van der Waals surface area contributed by atoms with Crippen molar-refractivity contribution in [3.63, 3.8) is 0 Å². The van der Waals surface area contributed by atoms with Gasteiger partial charge in [0.1, 0.15) is 0 Å². The summed E-state index contributed by atoms with van der Waals surface area (Å²) in [5.41, 5.74) is 1.32. The van der Waals surface area contributed by atoms with Crippen LogP contribution in [-0.2, 0) is 4.79 Å². The number of anilines is 1. The topological polar surface area (TPSA) is 97.1 Å². The van der Waals surface area contributed by atoms with Crippen molar-refractivity contribution in [1.82, 2.24) is 14.8 Å². The van der Waals surface area contributed by atoms with Crippen LogP contribution in [0.4, 0.5) is 5.69 Å². The van der Waals surface area contributed by atoms with Crippen molar-refractivity contribution < 1.29 is 14.7 Å².